The minimum atomic E-state index is -4.41. The summed E-state index contributed by atoms with van der Waals surface area (Å²) in [5, 5.41) is 4.36. The second kappa shape index (κ2) is 8.72. The number of amides is 1. The van der Waals surface area contributed by atoms with Gasteiger partial charge in [-0.1, -0.05) is 29.2 Å². The van der Waals surface area contributed by atoms with E-state index in [2.05, 4.69) is 17.2 Å². The molecule has 0 aliphatic carbocycles. The fraction of sp³-hybridized carbons (Fsp3) is 0.333. The van der Waals surface area contributed by atoms with Gasteiger partial charge in [0.2, 0.25) is 5.91 Å². The average molecular weight is 382 g/mol. The van der Waals surface area contributed by atoms with Crippen molar-refractivity contribution in [2.24, 2.45) is 0 Å². The Bertz CT molecular complexity index is 888. The number of benzene rings is 1. The van der Waals surface area contributed by atoms with E-state index in [0.717, 1.165) is 29.2 Å². The van der Waals surface area contributed by atoms with E-state index >= 15 is 0 Å². The zero-order valence-electron chi connectivity index (χ0n) is 14.0. The van der Waals surface area contributed by atoms with Crippen LogP contribution < -0.4 is 10.2 Å². The Morgan fingerprint density at radius 2 is 2.12 bits per heavy atom. The predicted molar refractivity (Wildman–Crippen MR) is 93.9 cm³/mol. The van der Waals surface area contributed by atoms with Crippen LogP contribution in [0.2, 0.25) is 0 Å². The smallest absolute Gasteiger partial charge is 0.345 e. The third-order valence-electron chi connectivity index (χ3n) is 3.56. The van der Waals surface area contributed by atoms with Gasteiger partial charge < -0.3 is 9.88 Å². The standard InChI is InChI=1S/C18H17F3N2O2S/c1-13-12-26-17(25)23(13)10-4-8-16(24)22-9-3-6-14-5-2-7-15(11-14)18(19,20)21/h2,5,7,11-12H,4,8-10H2,1H3,(H,22,24). The molecule has 0 saturated heterocycles. The molecule has 0 spiro atoms. The maximum Gasteiger partial charge on any atom is 0.416 e. The SMILES string of the molecule is Cc1csc(=O)n1CCCC(=O)NCC#Cc1cccc(C(F)(F)F)c1. The molecule has 2 aromatic rings. The number of thiazole rings is 1. The lowest BCUT2D eigenvalue weighted by atomic mass is 10.1. The predicted octanol–water partition coefficient (Wildman–Crippen LogP) is 3.19. The van der Waals surface area contributed by atoms with E-state index in [9.17, 15) is 22.8 Å². The molecular formula is C18H17F3N2O2S. The van der Waals surface area contributed by atoms with Crippen LogP contribution in [0.1, 0.15) is 29.7 Å². The first-order chi connectivity index (χ1) is 12.3. The fourth-order valence-corrected chi connectivity index (χ4v) is 2.98. The highest BCUT2D eigenvalue weighted by molar-refractivity contribution is 7.07. The highest BCUT2D eigenvalue weighted by atomic mass is 32.1. The van der Waals surface area contributed by atoms with Crippen molar-refractivity contribution in [1.29, 1.82) is 0 Å². The van der Waals surface area contributed by atoms with Crippen LogP contribution in [0.5, 0.6) is 0 Å². The molecule has 1 aromatic heterocycles. The second-order valence-corrected chi connectivity index (χ2v) is 6.38. The summed E-state index contributed by atoms with van der Waals surface area (Å²) in [6.45, 7) is 2.35. The van der Waals surface area contributed by atoms with Crippen molar-refractivity contribution in [2.45, 2.75) is 32.5 Å². The molecule has 4 nitrogen and oxygen atoms in total. The van der Waals surface area contributed by atoms with Crippen LogP contribution in [0.25, 0.3) is 0 Å². The first kappa shape index (κ1) is 19.8. The molecule has 1 N–H and O–H groups in total. The van der Waals surface area contributed by atoms with Crippen molar-refractivity contribution in [3.8, 4) is 11.8 Å². The van der Waals surface area contributed by atoms with Gasteiger partial charge in [0.15, 0.2) is 0 Å². The van der Waals surface area contributed by atoms with Gasteiger partial charge in [-0.2, -0.15) is 13.2 Å². The van der Waals surface area contributed by atoms with Crippen LogP contribution in [0.3, 0.4) is 0 Å². The normalized spacial score (nSPS) is 10.9. The van der Waals surface area contributed by atoms with Crippen LogP contribution in [-0.4, -0.2) is 17.0 Å². The van der Waals surface area contributed by atoms with Gasteiger partial charge in [0.25, 0.3) is 0 Å². The summed E-state index contributed by atoms with van der Waals surface area (Å²) in [4.78, 5) is 23.2. The Hall–Kier alpha value is -2.53. The Morgan fingerprint density at radius 3 is 2.77 bits per heavy atom. The maximum atomic E-state index is 12.6. The number of hydrogen-bond donors (Lipinski definition) is 1. The third-order valence-corrected chi connectivity index (χ3v) is 4.44. The van der Waals surface area contributed by atoms with Crippen LogP contribution in [0.4, 0.5) is 13.2 Å². The van der Waals surface area contributed by atoms with Crippen LogP contribution in [0.15, 0.2) is 34.4 Å². The Balaban J connectivity index is 1.77. The number of hydrogen-bond acceptors (Lipinski definition) is 3. The molecule has 1 amide bonds. The molecule has 0 bridgehead atoms. The summed E-state index contributed by atoms with van der Waals surface area (Å²) in [5.41, 5.74) is 0.348. The number of nitrogens with one attached hydrogen (secondary N) is 1. The number of aromatic nitrogens is 1. The Kier molecular flexibility index (Phi) is 6.64. The molecule has 8 heteroatoms. The second-order valence-electron chi connectivity index (χ2n) is 5.56. The maximum absolute atomic E-state index is 12.6. The van der Waals surface area contributed by atoms with Crippen molar-refractivity contribution in [1.82, 2.24) is 9.88 Å². The molecule has 0 aliphatic rings. The van der Waals surface area contributed by atoms with E-state index in [1.165, 1.54) is 12.1 Å². The van der Waals surface area contributed by atoms with Gasteiger partial charge in [0.05, 0.1) is 12.1 Å². The van der Waals surface area contributed by atoms with E-state index < -0.39 is 11.7 Å². The summed E-state index contributed by atoms with van der Waals surface area (Å²) in [5.74, 6) is 5.01. The van der Waals surface area contributed by atoms with Gasteiger partial charge in [-0.3, -0.25) is 9.59 Å². The zero-order chi connectivity index (χ0) is 19.2. The summed E-state index contributed by atoms with van der Waals surface area (Å²) in [7, 11) is 0. The number of alkyl halides is 3. The lowest BCUT2D eigenvalue weighted by molar-refractivity contribution is -0.137. The van der Waals surface area contributed by atoms with Gasteiger partial charge in [-0.25, -0.2) is 0 Å². The number of halogens is 3. The molecule has 0 fully saturated rings. The summed E-state index contributed by atoms with van der Waals surface area (Å²) in [6.07, 6.45) is -3.65. The molecular weight excluding hydrogens is 365 g/mol. The van der Waals surface area contributed by atoms with Gasteiger partial charge in [-0.05, 0) is 31.5 Å². The minimum Gasteiger partial charge on any atom is -0.345 e. The molecule has 0 saturated carbocycles. The monoisotopic (exact) mass is 382 g/mol. The number of aryl methyl sites for hydroxylation is 1. The zero-order valence-corrected chi connectivity index (χ0v) is 14.8. The molecule has 138 valence electrons. The number of carbonyl (C=O) groups is 1. The summed E-state index contributed by atoms with van der Waals surface area (Å²) in [6, 6.07) is 4.72. The minimum absolute atomic E-state index is 0.0464. The Labute approximate surface area is 152 Å². The number of rotatable bonds is 5. The van der Waals surface area contributed by atoms with E-state index in [1.54, 1.807) is 9.95 Å². The lowest BCUT2D eigenvalue weighted by Gasteiger charge is -2.06. The van der Waals surface area contributed by atoms with Crippen LogP contribution in [-0.2, 0) is 17.5 Å². The highest BCUT2D eigenvalue weighted by Gasteiger charge is 2.30. The van der Waals surface area contributed by atoms with E-state index in [-0.39, 0.29) is 29.3 Å². The lowest BCUT2D eigenvalue weighted by Crippen LogP contribution is -2.24. The van der Waals surface area contributed by atoms with E-state index in [0.29, 0.717) is 13.0 Å². The topological polar surface area (TPSA) is 51.1 Å². The van der Waals surface area contributed by atoms with Crippen molar-refractivity contribution < 1.29 is 18.0 Å². The third kappa shape index (κ3) is 5.77. The number of nitrogens with zero attached hydrogens (tertiary/aromatic N) is 1. The van der Waals surface area contributed by atoms with Crippen molar-refractivity contribution in [3.63, 3.8) is 0 Å². The van der Waals surface area contributed by atoms with E-state index in [4.69, 9.17) is 0 Å². The van der Waals surface area contributed by atoms with Gasteiger partial charge in [0.1, 0.15) is 0 Å². The molecule has 0 aliphatic heterocycles. The highest BCUT2D eigenvalue weighted by Crippen LogP contribution is 2.29. The van der Waals surface area contributed by atoms with Gasteiger partial charge >= 0.3 is 11.0 Å². The summed E-state index contributed by atoms with van der Waals surface area (Å²) >= 11 is 1.13. The molecule has 26 heavy (non-hydrogen) atoms. The molecule has 0 atom stereocenters. The Morgan fingerprint density at radius 1 is 1.35 bits per heavy atom. The summed E-state index contributed by atoms with van der Waals surface area (Å²) < 4.78 is 39.4. The molecule has 2 rings (SSSR count). The molecule has 1 heterocycles. The van der Waals surface area contributed by atoms with Gasteiger partial charge in [0, 0.05) is 29.6 Å². The first-order valence-corrected chi connectivity index (χ1v) is 8.73. The molecule has 1 aromatic carbocycles. The van der Waals surface area contributed by atoms with Crippen molar-refractivity contribution in [3.05, 3.63) is 56.1 Å². The van der Waals surface area contributed by atoms with Crippen molar-refractivity contribution >= 4 is 17.2 Å². The average Bonchev–Trinajstić information content (AvgIpc) is 2.90. The molecule has 0 unspecified atom stereocenters. The quantitative estimate of drug-likeness (QED) is 0.808. The van der Waals surface area contributed by atoms with Crippen LogP contribution in [0, 0.1) is 18.8 Å². The van der Waals surface area contributed by atoms with Crippen molar-refractivity contribution in [2.75, 3.05) is 6.54 Å². The first-order valence-electron chi connectivity index (χ1n) is 7.85. The van der Waals surface area contributed by atoms with E-state index in [1.807, 2.05) is 6.92 Å². The fourth-order valence-electron chi connectivity index (χ4n) is 2.22. The van der Waals surface area contributed by atoms with Gasteiger partial charge in [-0.15, -0.1) is 0 Å². The number of carbonyl (C=O) groups excluding carboxylic acids is 1. The largest absolute Gasteiger partial charge is 0.416 e. The molecule has 0 radical (unpaired) electrons. The van der Waals surface area contributed by atoms with Crippen LogP contribution >= 0.6 is 11.3 Å².